The summed E-state index contributed by atoms with van der Waals surface area (Å²) in [6.45, 7) is 0. The number of nitrogens with zero attached hydrogens (tertiary/aromatic N) is 1. The van der Waals surface area contributed by atoms with Crippen molar-refractivity contribution in [3.05, 3.63) is 23.7 Å². The van der Waals surface area contributed by atoms with E-state index >= 15 is 0 Å². The zero-order valence-electron chi connectivity index (χ0n) is 5.07. The van der Waals surface area contributed by atoms with Crippen molar-refractivity contribution in [1.82, 2.24) is 4.98 Å². The van der Waals surface area contributed by atoms with Crippen LogP contribution in [-0.2, 0) is 0 Å². The van der Waals surface area contributed by atoms with Crippen LogP contribution in [0.25, 0.3) is 10.2 Å². The van der Waals surface area contributed by atoms with E-state index < -0.39 is 0 Å². The Morgan fingerprint density at radius 1 is 1.40 bits per heavy atom. The first-order valence-electron chi connectivity index (χ1n) is 2.87. The number of hydrogen-bond donors (Lipinski definition) is 0. The number of rotatable bonds is 0. The number of pyridine rings is 1. The van der Waals surface area contributed by atoms with Crippen LogP contribution in [-0.4, -0.2) is 4.98 Å². The van der Waals surface area contributed by atoms with Crippen molar-refractivity contribution in [2.75, 3.05) is 0 Å². The Hall–Kier alpha value is -1.09. The maximum absolute atomic E-state index is 11.0. The molecule has 0 bridgehead atoms. The zero-order valence-corrected chi connectivity index (χ0v) is 5.89. The smallest absolute Gasteiger partial charge is 0.0803 e. The highest BCUT2D eigenvalue weighted by atomic mass is 32.1. The summed E-state index contributed by atoms with van der Waals surface area (Å²) in [4.78, 5) is 4.01. The van der Waals surface area contributed by atoms with Gasteiger partial charge in [0.05, 0.1) is 5.52 Å². The van der Waals surface area contributed by atoms with E-state index in [1.165, 1.54) is 23.6 Å². The molecule has 0 N–H and O–H groups in total. The van der Waals surface area contributed by atoms with Crippen molar-refractivity contribution in [2.24, 2.45) is 0 Å². The van der Waals surface area contributed by atoms with Crippen LogP contribution in [0.4, 0.5) is 0 Å². The van der Waals surface area contributed by atoms with Crippen LogP contribution in [0.15, 0.2) is 23.7 Å². The third kappa shape index (κ3) is 0.675. The SMILES string of the molecule is [O-]c1ccnc2ccsc12. The van der Waals surface area contributed by atoms with E-state index in [1.54, 1.807) is 0 Å². The fraction of sp³-hybridized carbons (Fsp3) is 0. The highest BCUT2D eigenvalue weighted by Crippen LogP contribution is 2.24. The van der Waals surface area contributed by atoms with Crippen molar-refractivity contribution in [2.45, 2.75) is 0 Å². The molecule has 0 aliphatic heterocycles. The van der Waals surface area contributed by atoms with Gasteiger partial charge in [-0.2, -0.15) is 0 Å². The molecular formula is C7H4NOS-. The molecule has 3 heteroatoms. The largest absolute Gasteiger partial charge is 0.871 e. The molecule has 2 nitrogen and oxygen atoms in total. The summed E-state index contributed by atoms with van der Waals surface area (Å²) in [5, 5.41) is 12.9. The first kappa shape index (κ1) is 5.68. The lowest BCUT2D eigenvalue weighted by Gasteiger charge is -2.03. The third-order valence-corrected chi connectivity index (χ3v) is 2.23. The average Bonchev–Trinajstić information content (AvgIpc) is 2.36. The molecule has 0 atom stereocenters. The van der Waals surface area contributed by atoms with Crippen molar-refractivity contribution in [3.8, 4) is 5.75 Å². The van der Waals surface area contributed by atoms with Crippen LogP contribution in [0.5, 0.6) is 5.75 Å². The quantitative estimate of drug-likeness (QED) is 0.568. The highest BCUT2D eigenvalue weighted by Gasteiger charge is 1.92. The van der Waals surface area contributed by atoms with Gasteiger partial charge in [0, 0.05) is 10.9 Å². The monoisotopic (exact) mass is 150 g/mol. The van der Waals surface area contributed by atoms with Crippen LogP contribution in [0.2, 0.25) is 0 Å². The van der Waals surface area contributed by atoms with Crippen LogP contribution in [0.3, 0.4) is 0 Å². The van der Waals surface area contributed by atoms with Gasteiger partial charge in [-0.1, -0.05) is 11.8 Å². The highest BCUT2D eigenvalue weighted by molar-refractivity contribution is 7.17. The molecule has 2 aromatic rings. The number of thiophene rings is 1. The lowest BCUT2D eigenvalue weighted by molar-refractivity contribution is -0.265. The molecule has 0 unspecified atom stereocenters. The molecule has 0 aliphatic carbocycles. The van der Waals surface area contributed by atoms with Crippen LogP contribution in [0.1, 0.15) is 0 Å². The van der Waals surface area contributed by atoms with Gasteiger partial charge < -0.3 is 5.11 Å². The normalized spacial score (nSPS) is 10.4. The molecule has 2 rings (SSSR count). The van der Waals surface area contributed by atoms with Gasteiger partial charge in [0.15, 0.2) is 0 Å². The summed E-state index contributed by atoms with van der Waals surface area (Å²) in [6.07, 6.45) is 1.54. The van der Waals surface area contributed by atoms with Gasteiger partial charge in [0.25, 0.3) is 0 Å². The van der Waals surface area contributed by atoms with E-state index in [2.05, 4.69) is 4.98 Å². The Kier molecular flexibility index (Phi) is 1.11. The minimum atomic E-state index is 0.0694. The summed E-state index contributed by atoms with van der Waals surface area (Å²) >= 11 is 1.44. The average molecular weight is 150 g/mol. The van der Waals surface area contributed by atoms with Crippen molar-refractivity contribution in [1.29, 1.82) is 0 Å². The van der Waals surface area contributed by atoms with E-state index in [9.17, 15) is 5.11 Å². The predicted molar refractivity (Wildman–Crippen MR) is 39.1 cm³/mol. The Balaban J connectivity index is 2.95. The molecular weight excluding hydrogens is 146 g/mol. The van der Waals surface area contributed by atoms with E-state index in [1.807, 2.05) is 11.4 Å². The standard InChI is InChI=1S/C7H5NOS/c9-6-1-3-8-5-2-4-10-7(5)6/h1-4H,(H,8,9)/p-1. The van der Waals surface area contributed by atoms with Gasteiger partial charge in [-0.05, 0) is 11.4 Å². The fourth-order valence-corrected chi connectivity index (χ4v) is 1.61. The molecule has 0 fully saturated rings. The lowest BCUT2D eigenvalue weighted by atomic mass is 10.4. The van der Waals surface area contributed by atoms with Crippen molar-refractivity contribution < 1.29 is 5.11 Å². The Bertz CT molecular complexity index is 355. The summed E-state index contributed by atoms with van der Waals surface area (Å²) in [6, 6.07) is 3.33. The Labute approximate surface area is 61.8 Å². The first-order valence-corrected chi connectivity index (χ1v) is 3.75. The second-order valence-corrected chi connectivity index (χ2v) is 2.86. The van der Waals surface area contributed by atoms with Gasteiger partial charge >= 0.3 is 0 Å². The molecule has 0 saturated heterocycles. The van der Waals surface area contributed by atoms with Gasteiger partial charge in [0.2, 0.25) is 0 Å². The Morgan fingerprint density at radius 3 is 3.10 bits per heavy atom. The maximum Gasteiger partial charge on any atom is 0.0803 e. The summed E-state index contributed by atoms with van der Waals surface area (Å²) in [7, 11) is 0. The van der Waals surface area contributed by atoms with E-state index in [0.717, 1.165) is 10.2 Å². The van der Waals surface area contributed by atoms with Gasteiger partial charge in [-0.3, -0.25) is 4.98 Å². The number of fused-ring (bicyclic) bond motifs is 1. The molecule has 0 aromatic carbocycles. The topological polar surface area (TPSA) is 36.0 Å². The zero-order chi connectivity index (χ0) is 6.97. The van der Waals surface area contributed by atoms with Crippen LogP contribution in [0, 0.1) is 0 Å². The molecule has 0 aliphatic rings. The summed E-state index contributed by atoms with van der Waals surface area (Å²) in [5.41, 5.74) is 0.803. The van der Waals surface area contributed by atoms with Crippen LogP contribution >= 0.6 is 11.3 Å². The molecule has 0 spiro atoms. The lowest BCUT2D eigenvalue weighted by Crippen LogP contribution is -1.88. The molecule has 50 valence electrons. The molecule has 10 heavy (non-hydrogen) atoms. The molecule has 2 aromatic heterocycles. The molecule has 0 saturated carbocycles. The Morgan fingerprint density at radius 2 is 2.30 bits per heavy atom. The minimum absolute atomic E-state index is 0.0694. The van der Waals surface area contributed by atoms with E-state index in [4.69, 9.17) is 0 Å². The molecule has 2 heterocycles. The first-order chi connectivity index (χ1) is 4.88. The summed E-state index contributed by atoms with van der Waals surface area (Å²) in [5.74, 6) is 0.0694. The number of hydrogen-bond acceptors (Lipinski definition) is 3. The number of aromatic nitrogens is 1. The minimum Gasteiger partial charge on any atom is -0.871 e. The van der Waals surface area contributed by atoms with Crippen molar-refractivity contribution in [3.63, 3.8) is 0 Å². The summed E-state index contributed by atoms with van der Waals surface area (Å²) < 4.78 is 0.752. The van der Waals surface area contributed by atoms with E-state index in [0.29, 0.717) is 0 Å². The third-order valence-electron chi connectivity index (χ3n) is 1.31. The fourth-order valence-electron chi connectivity index (χ4n) is 0.849. The van der Waals surface area contributed by atoms with Gasteiger partial charge in [-0.15, -0.1) is 11.3 Å². The van der Waals surface area contributed by atoms with Crippen LogP contribution < -0.4 is 5.11 Å². The molecule has 0 radical (unpaired) electrons. The van der Waals surface area contributed by atoms with Gasteiger partial charge in [-0.25, -0.2) is 0 Å². The van der Waals surface area contributed by atoms with E-state index in [-0.39, 0.29) is 5.75 Å². The predicted octanol–water partition coefficient (Wildman–Crippen LogP) is 1.37. The maximum atomic E-state index is 11.0. The molecule has 0 amide bonds. The second kappa shape index (κ2) is 1.95. The second-order valence-electron chi connectivity index (χ2n) is 1.94. The van der Waals surface area contributed by atoms with Crippen molar-refractivity contribution >= 4 is 21.6 Å². The van der Waals surface area contributed by atoms with Gasteiger partial charge in [0.1, 0.15) is 0 Å².